The van der Waals surface area contributed by atoms with Crippen LogP contribution >= 0.6 is 11.3 Å². The molecule has 2 atom stereocenters. The second kappa shape index (κ2) is 6.45. The summed E-state index contributed by atoms with van der Waals surface area (Å²) in [5, 5.41) is 1.94. The third-order valence-corrected chi connectivity index (χ3v) is 4.98. The van der Waals surface area contributed by atoms with E-state index in [4.69, 9.17) is 4.74 Å². The lowest BCUT2D eigenvalue weighted by atomic mass is 10.1. The van der Waals surface area contributed by atoms with Gasteiger partial charge in [0.2, 0.25) is 0 Å². The van der Waals surface area contributed by atoms with Gasteiger partial charge in [-0.2, -0.15) is 0 Å². The molecule has 1 fully saturated rings. The molecule has 6 heteroatoms. The van der Waals surface area contributed by atoms with Gasteiger partial charge in [-0.25, -0.2) is 0 Å². The van der Waals surface area contributed by atoms with Crippen LogP contribution < -0.4 is 0 Å². The van der Waals surface area contributed by atoms with E-state index in [1.165, 1.54) is 16.2 Å². The Morgan fingerprint density at radius 2 is 1.91 bits per heavy atom. The highest BCUT2D eigenvalue weighted by molar-refractivity contribution is 7.11. The molecular formula is C17H22N2O3S. The number of carbonyl (C=O) groups is 2. The predicted octanol–water partition coefficient (Wildman–Crippen LogP) is 2.35. The Bertz CT molecular complexity index is 628. The van der Waals surface area contributed by atoms with Crippen LogP contribution in [0.25, 0.3) is 5.57 Å². The van der Waals surface area contributed by atoms with Gasteiger partial charge in [-0.05, 0) is 31.7 Å². The maximum atomic E-state index is 12.9. The minimum atomic E-state index is -0.166. The highest BCUT2D eigenvalue weighted by Gasteiger charge is 2.42. The molecule has 3 rings (SSSR count). The highest BCUT2D eigenvalue weighted by Crippen LogP contribution is 2.35. The van der Waals surface area contributed by atoms with Crippen molar-refractivity contribution in [3.05, 3.63) is 28.1 Å². The number of amides is 2. The smallest absolute Gasteiger partial charge is 0.277 e. The van der Waals surface area contributed by atoms with Crippen LogP contribution in [0.4, 0.5) is 0 Å². The molecule has 3 heterocycles. The monoisotopic (exact) mass is 334 g/mol. The zero-order valence-electron chi connectivity index (χ0n) is 13.7. The van der Waals surface area contributed by atoms with Crippen molar-refractivity contribution in [1.82, 2.24) is 9.80 Å². The van der Waals surface area contributed by atoms with Crippen molar-refractivity contribution in [2.45, 2.75) is 39.4 Å². The molecule has 0 aliphatic carbocycles. The minimum Gasteiger partial charge on any atom is -0.372 e. The molecule has 1 aromatic rings. The standard InChI is InChI=1S/C17H22N2O3S/c1-4-7-19-16(20)14(13-6-5-8-23-13)15(17(19)21)18-9-11(2)22-12(3)10-18/h5-6,8,11-12H,4,7,9-10H2,1-3H3. The van der Waals surface area contributed by atoms with Crippen molar-refractivity contribution in [1.29, 1.82) is 0 Å². The topological polar surface area (TPSA) is 49.9 Å². The maximum Gasteiger partial charge on any atom is 0.277 e. The third-order valence-electron chi connectivity index (χ3n) is 4.09. The zero-order chi connectivity index (χ0) is 16.6. The average molecular weight is 334 g/mol. The maximum absolute atomic E-state index is 12.9. The number of hydrogen-bond donors (Lipinski definition) is 0. The molecule has 0 radical (unpaired) electrons. The van der Waals surface area contributed by atoms with E-state index in [2.05, 4.69) is 0 Å². The van der Waals surface area contributed by atoms with Crippen LogP contribution in [0.2, 0.25) is 0 Å². The van der Waals surface area contributed by atoms with Crippen molar-refractivity contribution in [2.24, 2.45) is 0 Å². The van der Waals surface area contributed by atoms with Crippen LogP contribution in [-0.4, -0.2) is 53.5 Å². The number of imide groups is 1. The summed E-state index contributed by atoms with van der Waals surface area (Å²) in [6, 6.07) is 3.82. The molecule has 2 amide bonds. The SMILES string of the molecule is CCCN1C(=O)C(c2cccs2)=C(N2CC(C)OC(C)C2)C1=O. The summed E-state index contributed by atoms with van der Waals surface area (Å²) in [6.45, 7) is 7.70. The van der Waals surface area contributed by atoms with E-state index in [1.54, 1.807) is 0 Å². The Morgan fingerprint density at radius 1 is 1.22 bits per heavy atom. The lowest BCUT2D eigenvalue weighted by Crippen LogP contribution is -2.47. The molecule has 5 nitrogen and oxygen atoms in total. The second-order valence-electron chi connectivity index (χ2n) is 6.13. The quantitative estimate of drug-likeness (QED) is 0.793. The number of carbonyl (C=O) groups excluding carboxylic acids is 2. The van der Waals surface area contributed by atoms with Crippen LogP contribution in [0.3, 0.4) is 0 Å². The largest absolute Gasteiger partial charge is 0.372 e. The fraction of sp³-hybridized carbons (Fsp3) is 0.529. The van der Waals surface area contributed by atoms with Crippen molar-refractivity contribution in [3.63, 3.8) is 0 Å². The van der Waals surface area contributed by atoms with Gasteiger partial charge in [-0.3, -0.25) is 14.5 Å². The fourth-order valence-corrected chi connectivity index (χ4v) is 4.05. The van der Waals surface area contributed by atoms with E-state index in [0.717, 1.165) is 11.3 Å². The average Bonchev–Trinajstić information content (AvgIpc) is 3.08. The summed E-state index contributed by atoms with van der Waals surface area (Å²) in [7, 11) is 0. The van der Waals surface area contributed by atoms with Gasteiger partial charge in [0.25, 0.3) is 11.8 Å². The Morgan fingerprint density at radius 3 is 2.48 bits per heavy atom. The molecule has 0 bridgehead atoms. The van der Waals surface area contributed by atoms with Gasteiger partial charge in [-0.1, -0.05) is 13.0 Å². The Hall–Kier alpha value is -1.66. The molecule has 0 spiro atoms. The summed E-state index contributed by atoms with van der Waals surface area (Å²) in [5.74, 6) is -0.331. The van der Waals surface area contributed by atoms with E-state index in [9.17, 15) is 9.59 Å². The second-order valence-corrected chi connectivity index (χ2v) is 7.07. The third kappa shape index (κ3) is 2.93. The minimum absolute atomic E-state index is 0.0407. The van der Waals surface area contributed by atoms with E-state index >= 15 is 0 Å². The first kappa shape index (κ1) is 16.2. The van der Waals surface area contributed by atoms with Crippen LogP contribution in [0, 0.1) is 0 Å². The molecule has 0 aromatic carbocycles. The van der Waals surface area contributed by atoms with Gasteiger partial charge < -0.3 is 9.64 Å². The van der Waals surface area contributed by atoms with Gasteiger partial charge >= 0.3 is 0 Å². The number of ether oxygens (including phenoxy) is 1. The lowest BCUT2D eigenvalue weighted by Gasteiger charge is -2.37. The van der Waals surface area contributed by atoms with Gasteiger partial charge in [0.05, 0.1) is 17.8 Å². The number of rotatable bonds is 4. The van der Waals surface area contributed by atoms with Crippen LogP contribution in [0.1, 0.15) is 32.1 Å². The van der Waals surface area contributed by atoms with Crippen molar-refractivity contribution in [2.75, 3.05) is 19.6 Å². The molecule has 124 valence electrons. The van der Waals surface area contributed by atoms with Gasteiger partial charge in [0, 0.05) is 24.5 Å². The number of thiophene rings is 1. The molecule has 1 aromatic heterocycles. The zero-order valence-corrected chi connectivity index (χ0v) is 14.6. The molecule has 1 saturated heterocycles. The lowest BCUT2D eigenvalue weighted by molar-refractivity contribution is -0.138. The fourth-order valence-electron chi connectivity index (χ4n) is 3.29. The molecule has 2 aliphatic rings. The molecule has 2 aliphatic heterocycles. The Kier molecular flexibility index (Phi) is 4.55. The summed E-state index contributed by atoms with van der Waals surface area (Å²) in [6.07, 6.45) is 0.844. The van der Waals surface area contributed by atoms with Crippen LogP contribution in [0.5, 0.6) is 0 Å². The first-order chi connectivity index (χ1) is 11.0. The van der Waals surface area contributed by atoms with Crippen LogP contribution in [0.15, 0.2) is 23.2 Å². The van der Waals surface area contributed by atoms with Crippen molar-refractivity contribution >= 4 is 28.7 Å². The number of morpholine rings is 1. The first-order valence-electron chi connectivity index (χ1n) is 8.07. The van der Waals surface area contributed by atoms with E-state index in [0.29, 0.717) is 30.9 Å². The molecule has 0 N–H and O–H groups in total. The van der Waals surface area contributed by atoms with E-state index in [1.807, 2.05) is 43.2 Å². The van der Waals surface area contributed by atoms with E-state index in [-0.39, 0.29) is 24.0 Å². The normalized spacial score (nSPS) is 25.7. The Labute approximate surface area is 140 Å². The summed E-state index contributed by atoms with van der Waals surface area (Å²) >= 11 is 1.50. The Balaban J connectivity index is 2.04. The molecule has 0 saturated carbocycles. The summed E-state index contributed by atoms with van der Waals surface area (Å²) < 4.78 is 5.77. The van der Waals surface area contributed by atoms with Crippen LogP contribution in [-0.2, 0) is 14.3 Å². The first-order valence-corrected chi connectivity index (χ1v) is 8.95. The number of nitrogens with zero attached hydrogens (tertiary/aromatic N) is 2. The molecule has 23 heavy (non-hydrogen) atoms. The predicted molar refractivity (Wildman–Crippen MR) is 89.8 cm³/mol. The molecule has 2 unspecified atom stereocenters. The number of hydrogen-bond acceptors (Lipinski definition) is 5. The van der Waals surface area contributed by atoms with Crippen molar-refractivity contribution < 1.29 is 14.3 Å². The highest BCUT2D eigenvalue weighted by atomic mass is 32.1. The molecular weight excluding hydrogens is 312 g/mol. The van der Waals surface area contributed by atoms with Crippen molar-refractivity contribution in [3.8, 4) is 0 Å². The van der Waals surface area contributed by atoms with Gasteiger partial charge in [0.15, 0.2) is 0 Å². The van der Waals surface area contributed by atoms with Gasteiger partial charge in [-0.15, -0.1) is 11.3 Å². The summed E-state index contributed by atoms with van der Waals surface area (Å²) in [5.41, 5.74) is 1.10. The van der Waals surface area contributed by atoms with Gasteiger partial charge in [0.1, 0.15) is 5.70 Å². The van der Waals surface area contributed by atoms with E-state index < -0.39 is 0 Å². The summed E-state index contributed by atoms with van der Waals surface area (Å²) in [4.78, 5) is 30.0.